The van der Waals surface area contributed by atoms with Gasteiger partial charge in [0.05, 0.1) is 5.02 Å². The molecule has 0 atom stereocenters. The van der Waals surface area contributed by atoms with Crippen LogP contribution in [0.5, 0.6) is 0 Å². The van der Waals surface area contributed by atoms with Crippen molar-refractivity contribution in [3.63, 3.8) is 0 Å². The smallest absolute Gasteiger partial charge is 0.244 e. The molecule has 0 unspecified atom stereocenters. The summed E-state index contributed by atoms with van der Waals surface area (Å²) in [5.41, 5.74) is 3.80. The average Bonchev–Trinajstić information content (AvgIpc) is 2.54. The standard InChI is InChI=1S/C19H23ClN2O2S/c1-15-11-16(2)13-17(12-15)14-21-7-9-22(10-8-21)25(23,24)19-6-4-3-5-18(19)20/h3-6,11-13H,7-10,14H2,1-2H3. The summed E-state index contributed by atoms with van der Waals surface area (Å²) in [6, 6.07) is 13.2. The van der Waals surface area contributed by atoms with Crippen LogP contribution in [0.1, 0.15) is 16.7 Å². The first kappa shape index (κ1) is 18.4. The van der Waals surface area contributed by atoms with E-state index in [4.69, 9.17) is 11.6 Å². The van der Waals surface area contributed by atoms with Crippen molar-refractivity contribution in [3.8, 4) is 0 Å². The second-order valence-electron chi connectivity index (χ2n) is 6.61. The molecule has 0 aliphatic carbocycles. The second-order valence-corrected chi connectivity index (χ2v) is 8.92. The lowest BCUT2D eigenvalue weighted by Crippen LogP contribution is -2.48. The molecule has 0 aromatic heterocycles. The lowest BCUT2D eigenvalue weighted by Gasteiger charge is -2.34. The summed E-state index contributed by atoms with van der Waals surface area (Å²) in [4.78, 5) is 2.49. The number of hydrogen-bond acceptors (Lipinski definition) is 3. The molecule has 2 aromatic rings. The maximum atomic E-state index is 12.8. The van der Waals surface area contributed by atoms with Crippen molar-refractivity contribution in [3.05, 3.63) is 64.2 Å². The third-order valence-electron chi connectivity index (χ3n) is 4.47. The third-order valence-corrected chi connectivity index (χ3v) is 6.87. The van der Waals surface area contributed by atoms with Gasteiger partial charge in [0.2, 0.25) is 10.0 Å². The van der Waals surface area contributed by atoms with Gasteiger partial charge in [0.15, 0.2) is 0 Å². The zero-order valence-corrected chi connectivity index (χ0v) is 16.1. The van der Waals surface area contributed by atoms with Gasteiger partial charge in [-0.15, -0.1) is 0 Å². The van der Waals surface area contributed by atoms with Crippen LogP contribution < -0.4 is 0 Å². The molecule has 3 rings (SSSR count). The van der Waals surface area contributed by atoms with Crippen molar-refractivity contribution < 1.29 is 8.42 Å². The van der Waals surface area contributed by atoms with E-state index in [1.165, 1.54) is 21.0 Å². The van der Waals surface area contributed by atoms with E-state index >= 15 is 0 Å². The Morgan fingerprint density at radius 1 is 0.960 bits per heavy atom. The SMILES string of the molecule is Cc1cc(C)cc(CN2CCN(S(=O)(=O)c3ccccc3Cl)CC2)c1. The highest BCUT2D eigenvalue weighted by molar-refractivity contribution is 7.89. The van der Waals surface area contributed by atoms with Gasteiger partial charge in [-0.1, -0.05) is 53.1 Å². The summed E-state index contributed by atoms with van der Waals surface area (Å²) < 4.78 is 27.1. The van der Waals surface area contributed by atoms with E-state index in [2.05, 4.69) is 36.9 Å². The number of halogens is 1. The molecule has 1 aliphatic rings. The van der Waals surface area contributed by atoms with Gasteiger partial charge in [0, 0.05) is 32.7 Å². The first-order valence-corrected chi connectivity index (χ1v) is 10.2. The van der Waals surface area contributed by atoms with Crippen molar-refractivity contribution in [1.29, 1.82) is 0 Å². The molecule has 0 N–H and O–H groups in total. The van der Waals surface area contributed by atoms with Crippen LogP contribution in [-0.2, 0) is 16.6 Å². The van der Waals surface area contributed by atoms with Gasteiger partial charge >= 0.3 is 0 Å². The highest BCUT2D eigenvalue weighted by Crippen LogP contribution is 2.25. The van der Waals surface area contributed by atoms with E-state index in [1.54, 1.807) is 24.3 Å². The fraction of sp³-hybridized carbons (Fsp3) is 0.368. The lowest BCUT2D eigenvalue weighted by atomic mass is 10.1. The zero-order chi connectivity index (χ0) is 18.0. The number of rotatable bonds is 4. The number of piperazine rings is 1. The van der Waals surface area contributed by atoms with Crippen LogP contribution in [0, 0.1) is 13.8 Å². The minimum absolute atomic E-state index is 0.194. The molecule has 4 nitrogen and oxygen atoms in total. The predicted molar refractivity (Wildman–Crippen MR) is 101 cm³/mol. The Morgan fingerprint density at radius 2 is 1.56 bits per heavy atom. The molecule has 1 heterocycles. The molecule has 0 spiro atoms. The molecule has 0 amide bonds. The van der Waals surface area contributed by atoms with E-state index in [9.17, 15) is 8.42 Å². The zero-order valence-electron chi connectivity index (χ0n) is 14.6. The highest BCUT2D eigenvalue weighted by atomic mass is 35.5. The molecule has 134 valence electrons. The molecule has 0 radical (unpaired) electrons. The molecule has 0 bridgehead atoms. The van der Waals surface area contributed by atoms with Crippen LogP contribution in [0.3, 0.4) is 0 Å². The van der Waals surface area contributed by atoms with Crippen LogP contribution in [0.2, 0.25) is 5.02 Å². The molecule has 2 aromatic carbocycles. The second kappa shape index (κ2) is 7.46. The van der Waals surface area contributed by atoms with E-state index < -0.39 is 10.0 Å². The van der Waals surface area contributed by atoms with Crippen molar-refractivity contribution in [1.82, 2.24) is 9.21 Å². The van der Waals surface area contributed by atoms with Crippen molar-refractivity contribution >= 4 is 21.6 Å². The number of aryl methyl sites for hydroxylation is 2. The van der Waals surface area contributed by atoms with E-state index in [0.717, 1.165) is 19.6 Å². The van der Waals surface area contributed by atoms with Crippen LogP contribution >= 0.6 is 11.6 Å². The minimum Gasteiger partial charge on any atom is -0.296 e. The van der Waals surface area contributed by atoms with Crippen LogP contribution in [0.4, 0.5) is 0 Å². The van der Waals surface area contributed by atoms with E-state index in [0.29, 0.717) is 13.1 Å². The summed E-state index contributed by atoms with van der Waals surface area (Å²) in [6.07, 6.45) is 0. The molecule has 1 saturated heterocycles. The Bertz CT molecular complexity index is 839. The highest BCUT2D eigenvalue weighted by Gasteiger charge is 2.29. The maximum Gasteiger partial charge on any atom is 0.244 e. The number of sulfonamides is 1. The molecule has 6 heteroatoms. The topological polar surface area (TPSA) is 40.6 Å². The van der Waals surface area contributed by atoms with Gasteiger partial charge < -0.3 is 0 Å². The average molecular weight is 379 g/mol. The number of nitrogens with zero attached hydrogens (tertiary/aromatic N) is 2. The van der Waals surface area contributed by atoms with Crippen LogP contribution in [0.15, 0.2) is 47.4 Å². The first-order valence-electron chi connectivity index (χ1n) is 8.40. The minimum atomic E-state index is -3.53. The van der Waals surface area contributed by atoms with Gasteiger partial charge in [-0.3, -0.25) is 4.90 Å². The third kappa shape index (κ3) is 4.23. The Kier molecular flexibility index (Phi) is 5.49. The molecular formula is C19H23ClN2O2S. The van der Waals surface area contributed by atoms with Crippen molar-refractivity contribution in [2.24, 2.45) is 0 Å². The van der Waals surface area contributed by atoms with Gasteiger partial charge in [-0.05, 0) is 31.5 Å². The molecule has 1 aliphatic heterocycles. The molecule has 1 fully saturated rings. The summed E-state index contributed by atoms with van der Waals surface area (Å²) in [7, 11) is -3.53. The summed E-state index contributed by atoms with van der Waals surface area (Å²) >= 11 is 6.08. The van der Waals surface area contributed by atoms with Crippen LogP contribution in [0.25, 0.3) is 0 Å². The normalized spacial score (nSPS) is 16.9. The molecule has 25 heavy (non-hydrogen) atoms. The maximum absolute atomic E-state index is 12.8. The monoisotopic (exact) mass is 378 g/mol. The Morgan fingerprint density at radius 3 is 2.16 bits per heavy atom. The van der Waals surface area contributed by atoms with Crippen molar-refractivity contribution in [2.45, 2.75) is 25.3 Å². The summed E-state index contributed by atoms with van der Waals surface area (Å²) in [5.74, 6) is 0. The quantitative estimate of drug-likeness (QED) is 0.818. The Labute approximate surface area is 155 Å². The van der Waals surface area contributed by atoms with Crippen molar-refractivity contribution in [2.75, 3.05) is 26.2 Å². The van der Waals surface area contributed by atoms with Gasteiger partial charge in [-0.25, -0.2) is 8.42 Å². The van der Waals surface area contributed by atoms with E-state index in [1.807, 2.05) is 0 Å². The van der Waals surface area contributed by atoms with Gasteiger partial charge in [0.1, 0.15) is 4.90 Å². The van der Waals surface area contributed by atoms with E-state index in [-0.39, 0.29) is 9.92 Å². The fourth-order valence-corrected chi connectivity index (χ4v) is 5.25. The predicted octanol–water partition coefficient (Wildman–Crippen LogP) is 3.46. The van der Waals surface area contributed by atoms with Crippen LogP contribution in [-0.4, -0.2) is 43.8 Å². The van der Waals surface area contributed by atoms with Gasteiger partial charge in [0.25, 0.3) is 0 Å². The fourth-order valence-electron chi connectivity index (χ4n) is 3.34. The number of benzene rings is 2. The number of hydrogen-bond donors (Lipinski definition) is 0. The summed E-state index contributed by atoms with van der Waals surface area (Å²) in [6.45, 7) is 7.46. The largest absolute Gasteiger partial charge is 0.296 e. The van der Waals surface area contributed by atoms with Gasteiger partial charge in [-0.2, -0.15) is 4.31 Å². The first-order chi connectivity index (χ1) is 11.9. The Hall–Kier alpha value is -1.40. The lowest BCUT2D eigenvalue weighted by molar-refractivity contribution is 0.181. The summed E-state index contributed by atoms with van der Waals surface area (Å²) in [5, 5.41) is 0.278. The Balaban J connectivity index is 1.66. The molecule has 0 saturated carbocycles. The molecular weight excluding hydrogens is 356 g/mol.